The van der Waals surface area contributed by atoms with Crippen LogP contribution in [0.25, 0.3) is 0 Å². The minimum atomic E-state index is -1.03. The van der Waals surface area contributed by atoms with Gasteiger partial charge >= 0.3 is 0 Å². The molecule has 2 aromatic rings. The van der Waals surface area contributed by atoms with Gasteiger partial charge in [-0.05, 0) is 19.4 Å². The SMILES string of the molecule is Cc1cc(C)cc(CN2CCN(C(=O)c3ncc(F)cc3F)CC2=O)c1. The van der Waals surface area contributed by atoms with Crippen LogP contribution in [-0.4, -0.2) is 46.2 Å². The average molecular weight is 359 g/mol. The van der Waals surface area contributed by atoms with Crippen LogP contribution < -0.4 is 0 Å². The highest BCUT2D eigenvalue weighted by molar-refractivity contribution is 5.95. The van der Waals surface area contributed by atoms with Crippen LogP contribution in [0.1, 0.15) is 27.2 Å². The Hall–Kier alpha value is -2.83. The third kappa shape index (κ3) is 3.87. The fourth-order valence-electron chi connectivity index (χ4n) is 3.15. The smallest absolute Gasteiger partial charge is 0.276 e. The van der Waals surface area contributed by atoms with Crippen LogP contribution in [0.15, 0.2) is 30.5 Å². The van der Waals surface area contributed by atoms with Crippen LogP contribution in [-0.2, 0) is 11.3 Å². The zero-order valence-corrected chi connectivity index (χ0v) is 14.6. The number of piperazine rings is 1. The Balaban J connectivity index is 1.68. The van der Waals surface area contributed by atoms with Crippen LogP contribution in [0.5, 0.6) is 0 Å². The van der Waals surface area contributed by atoms with E-state index in [9.17, 15) is 18.4 Å². The van der Waals surface area contributed by atoms with Crippen molar-refractivity contribution in [1.82, 2.24) is 14.8 Å². The molecule has 0 radical (unpaired) electrons. The van der Waals surface area contributed by atoms with E-state index in [2.05, 4.69) is 11.1 Å². The van der Waals surface area contributed by atoms with Crippen molar-refractivity contribution in [2.75, 3.05) is 19.6 Å². The van der Waals surface area contributed by atoms with Gasteiger partial charge in [0.05, 0.1) is 6.20 Å². The van der Waals surface area contributed by atoms with Gasteiger partial charge in [-0.3, -0.25) is 9.59 Å². The molecule has 1 aromatic carbocycles. The van der Waals surface area contributed by atoms with Gasteiger partial charge in [-0.25, -0.2) is 13.8 Å². The molecule has 7 heteroatoms. The van der Waals surface area contributed by atoms with Crippen LogP contribution in [0, 0.1) is 25.5 Å². The molecule has 5 nitrogen and oxygen atoms in total. The highest BCUT2D eigenvalue weighted by atomic mass is 19.1. The molecule has 0 atom stereocenters. The van der Waals surface area contributed by atoms with Crippen molar-refractivity contribution >= 4 is 11.8 Å². The number of nitrogens with zero attached hydrogens (tertiary/aromatic N) is 3. The van der Waals surface area contributed by atoms with Gasteiger partial charge in [0.15, 0.2) is 11.5 Å². The zero-order chi connectivity index (χ0) is 18.8. The predicted octanol–water partition coefficient (Wildman–Crippen LogP) is 2.46. The monoisotopic (exact) mass is 359 g/mol. The average Bonchev–Trinajstić information content (AvgIpc) is 2.55. The van der Waals surface area contributed by atoms with E-state index >= 15 is 0 Å². The Morgan fingerprint density at radius 1 is 1.12 bits per heavy atom. The normalized spacial score (nSPS) is 14.7. The van der Waals surface area contributed by atoms with Crippen LogP contribution >= 0.6 is 0 Å². The molecule has 26 heavy (non-hydrogen) atoms. The van der Waals surface area contributed by atoms with E-state index in [1.807, 2.05) is 26.0 Å². The predicted molar refractivity (Wildman–Crippen MR) is 91.4 cm³/mol. The van der Waals surface area contributed by atoms with Gasteiger partial charge in [-0.15, -0.1) is 0 Å². The molecule has 0 bridgehead atoms. The summed E-state index contributed by atoms with van der Waals surface area (Å²) in [5.74, 6) is -2.80. The minimum absolute atomic E-state index is 0.151. The largest absolute Gasteiger partial charge is 0.335 e. The van der Waals surface area contributed by atoms with Crippen molar-refractivity contribution < 1.29 is 18.4 Å². The fourth-order valence-corrected chi connectivity index (χ4v) is 3.15. The number of carbonyl (C=O) groups is 2. The number of benzene rings is 1. The maximum Gasteiger partial charge on any atom is 0.276 e. The maximum atomic E-state index is 13.7. The number of aryl methyl sites for hydroxylation is 2. The molecule has 0 N–H and O–H groups in total. The maximum absolute atomic E-state index is 13.7. The van der Waals surface area contributed by atoms with Crippen LogP contribution in [0.3, 0.4) is 0 Å². The number of hydrogen-bond acceptors (Lipinski definition) is 3. The summed E-state index contributed by atoms with van der Waals surface area (Å²) in [5.41, 5.74) is 2.81. The Morgan fingerprint density at radius 3 is 2.42 bits per heavy atom. The lowest BCUT2D eigenvalue weighted by molar-refractivity contribution is -0.135. The molecule has 1 fully saturated rings. The fraction of sp³-hybridized carbons (Fsp3) is 0.316. The van der Waals surface area contributed by atoms with Crippen molar-refractivity contribution in [3.63, 3.8) is 0 Å². The highest BCUT2D eigenvalue weighted by Gasteiger charge is 2.29. The summed E-state index contributed by atoms with van der Waals surface area (Å²) >= 11 is 0. The number of halogens is 2. The van der Waals surface area contributed by atoms with Crippen molar-refractivity contribution in [1.29, 1.82) is 0 Å². The molecule has 0 saturated carbocycles. The van der Waals surface area contributed by atoms with Gasteiger partial charge < -0.3 is 9.80 Å². The molecule has 2 heterocycles. The lowest BCUT2D eigenvalue weighted by Crippen LogP contribution is -2.52. The summed E-state index contributed by atoms with van der Waals surface area (Å²) in [7, 11) is 0. The lowest BCUT2D eigenvalue weighted by Gasteiger charge is -2.34. The van der Waals surface area contributed by atoms with Gasteiger partial charge in [0.1, 0.15) is 12.4 Å². The first-order chi connectivity index (χ1) is 12.3. The van der Waals surface area contributed by atoms with E-state index in [4.69, 9.17) is 0 Å². The summed E-state index contributed by atoms with van der Waals surface area (Å²) < 4.78 is 26.7. The molecular formula is C19H19F2N3O2. The molecule has 0 unspecified atom stereocenters. The number of amides is 2. The summed E-state index contributed by atoms with van der Waals surface area (Å²) in [5, 5.41) is 0. The van der Waals surface area contributed by atoms with Gasteiger partial charge in [-0.2, -0.15) is 0 Å². The molecule has 1 saturated heterocycles. The molecule has 2 amide bonds. The summed E-state index contributed by atoms with van der Waals surface area (Å²) in [4.78, 5) is 31.2. The second-order valence-electron chi connectivity index (χ2n) is 6.52. The quantitative estimate of drug-likeness (QED) is 0.846. The van der Waals surface area contributed by atoms with Crippen molar-refractivity contribution in [2.24, 2.45) is 0 Å². The molecule has 0 aliphatic carbocycles. The Bertz CT molecular complexity index is 850. The number of pyridine rings is 1. The van der Waals surface area contributed by atoms with E-state index in [0.29, 0.717) is 19.2 Å². The Kier molecular flexibility index (Phi) is 4.97. The van der Waals surface area contributed by atoms with Gasteiger partial charge in [0, 0.05) is 25.7 Å². The first-order valence-electron chi connectivity index (χ1n) is 8.29. The first kappa shape index (κ1) is 18.0. The number of aromatic nitrogens is 1. The third-order valence-electron chi connectivity index (χ3n) is 4.27. The molecule has 136 valence electrons. The van der Waals surface area contributed by atoms with Crippen LogP contribution in [0.2, 0.25) is 0 Å². The van der Waals surface area contributed by atoms with Crippen molar-refractivity contribution in [2.45, 2.75) is 20.4 Å². The summed E-state index contributed by atoms with van der Waals surface area (Å²) in [6.45, 7) is 4.93. The molecule has 1 aliphatic heterocycles. The van der Waals surface area contributed by atoms with E-state index < -0.39 is 23.2 Å². The summed E-state index contributed by atoms with van der Waals surface area (Å²) in [6.07, 6.45) is 0.786. The topological polar surface area (TPSA) is 53.5 Å². The molecule has 0 spiro atoms. The second kappa shape index (κ2) is 7.19. The van der Waals surface area contributed by atoms with Crippen LogP contribution in [0.4, 0.5) is 8.78 Å². The summed E-state index contributed by atoms with van der Waals surface area (Å²) in [6, 6.07) is 6.72. The first-order valence-corrected chi connectivity index (χ1v) is 8.29. The Morgan fingerprint density at radius 2 is 1.81 bits per heavy atom. The van der Waals surface area contributed by atoms with Gasteiger partial charge in [-0.1, -0.05) is 29.3 Å². The van der Waals surface area contributed by atoms with E-state index in [1.165, 1.54) is 4.90 Å². The van der Waals surface area contributed by atoms with Crippen molar-refractivity contribution in [3.8, 4) is 0 Å². The zero-order valence-electron chi connectivity index (χ0n) is 14.6. The van der Waals surface area contributed by atoms with E-state index in [0.717, 1.165) is 22.9 Å². The van der Waals surface area contributed by atoms with E-state index in [-0.39, 0.29) is 19.0 Å². The number of carbonyl (C=O) groups excluding carboxylic acids is 2. The number of rotatable bonds is 3. The lowest BCUT2D eigenvalue weighted by atomic mass is 10.1. The standard InChI is InChI=1S/C19H19F2N3O2/c1-12-5-13(2)7-14(6-12)10-23-3-4-24(11-17(23)25)19(26)18-16(21)8-15(20)9-22-18/h5-9H,3-4,10-11H2,1-2H3. The number of hydrogen-bond donors (Lipinski definition) is 0. The molecular weight excluding hydrogens is 340 g/mol. The molecule has 1 aromatic heterocycles. The van der Waals surface area contributed by atoms with E-state index in [1.54, 1.807) is 4.90 Å². The highest BCUT2D eigenvalue weighted by Crippen LogP contribution is 2.16. The molecule has 1 aliphatic rings. The minimum Gasteiger partial charge on any atom is -0.335 e. The molecule has 3 rings (SSSR count). The Labute approximate surface area is 150 Å². The van der Waals surface area contributed by atoms with Gasteiger partial charge in [0.25, 0.3) is 5.91 Å². The van der Waals surface area contributed by atoms with Crippen molar-refractivity contribution in [3.05, 3.63) is 64.5 Å². The van der Waals surface area contributed by atoms with Gasteiger partial charge in [0.2, 0.25) is 5.91 Å². The third-order valence-corrected chi connectivity index (χ3v) is 4.27. The second-order valence-corrected chi connectivity index (χ2v) is 6.52.